The van der Waals surface area contributed by atoms with Crippen LogP contribution >= 0.6 is 7.75 Å². The van der Waals surface area contributed by atoms with Crippen LogP contribution in [0.15, 0.2) is 36.4 Å². The quantitative estimate of drug-likeness (QED) is 0.446. The van der Waals surface area contributed by atoms with E-state index in [2.05, 4.69) is 0 Å². The van der Waals surface area contributed by atoms with Gasteiger partial charge in [0.25, 0.3) is 0 Å². The number of hydrogen-bond acceptors (Lipinski definition) is 4. The predicted molar refractivity (Wildman–Crippen MR) is 85.6 cm³/mol. The van der Waals surface area contributed by atoms with Gasteiger partial charge >= 0.3 is 7.75 Å². The molecule has 0 saturated carbocycles. The van der Waals surface area contributed by atoms with Crippen molar-refractivity contribution >= 4 is 13.4 Å². The molecule has 0 amide bonds. The van der Waals surface area contributed by atoms with E-state index in [9.17, 15) is 19.9 Å². The van der Waals surface area contributed by atoms with Crippen LogP contribution in [0.25, 0.3) is 0 Å². The SMILES string of the molecule is O=P(O)(O)Nc1cc(O)cc(O)c1CCCc1cccc(O)c1. The molecular weight excluding hydrogens is 321 g/mol. The topological polar surface area (TPSA) is 130 Å². The molecule has 0 fully saturated rings. The molecule has 0 unspecified atom stereocenters. The van der Waals surface area contributed by atoms with Crippen LogP contribution in [0, 0.1) is 0 Å². The third-order valence-electron chi connectivity index (χ3n) is 3.28. The van der Waals surface area contributed by atoms with Crippen molar-refractivity contribution in [1.82, 2.24) is 0 Å². The van der Waals surface area contributed by atoms with Gasteiger partial charge in [0.2, 0.25) is 0 Å². The zero-order chi connectivity index (χ0) is 17.0. The van der Waals surface area contributed by atoms with E-state index in [0.717, 1.165) is 17.7 Å². The van der Waals surface area contributed by atoms with Gasteiger partial charge in [0.05, 0.1) is 5.69 Å². The normalized spacial score (nSPS) is 11.4. The second-order valence-electron chi connectivity index (χ2n) is 5.17. The number of anilines is 1. The summed E-state index contributed by atoms with van der Waals surface area (Å²) < 4.78 is 11.1. The third-order valence-corrected chi connectivity index (χ3v) is 3.81. The van der Waals surface area contributed by atoms with E-state index in [-0.39, 0.29) is 22.9 Å². The van der Waals surface area contributed by atoms with Crippen LogP contribution in [0.2, 0.25) is 0 Å². The molecule has 6 N–H and O–H groups in total. The van der Waals surface area contributed by atoms with Crippen LogP contribution in [0.3, 0.4) is 0 Å². The van der Waals surface area contributed by atoms with Gasteiger partial charge in [-0.15, -0.1) is 0 Å². The van der Waals surface area contributed by atoms with Crippen LogP contribution in [-0.2, 0) is 17.4 Å². The molecule has 0 aromatic heterocycles. The average molecular weight is 339 g/mol. The lowest BCUT2D eigenvalue weighted by atomic mass is 10.0. The van der Waals surface area contributed by atoms with E-state index < -0.39 is 7.75 Å². The highest BCUT2D eigenvalue weighted by Gasteiger charge is 2.18. The Labute approximate surface area is 133 Å². The van der Waals surface area contributed by atoms with E-state index >= 15 is 0 Å². The van der Waals surface area contributed by atoms with Gasteiger partial charge in [0, 0.05) is 17.7 Å². The number of rotatable bonds is 6. The van der Waals surface area contributed by atoms with Crippen molar-refractivity contribution in [1.29, 1.82) is 0 Å². The standard InChI is InChI=1S/C15H18NO6P/c17-11-5-1-3-10(7-11)4-2-6-13-14(16-23(20,21)22)8-12(18)9-15(13)19/h1,3,5,7-9,17-19H,2,4,6H2,(H3,16,20,21,22). The first-order chi connectivity index (χ1) is 10.7. The van der Waals surface area contributed by atoms with Gasteiger partial charge in [-0.3, -0.25) is 5.09 Å². The maximum absolute atomic E-state index is 11.1. The minimum atomic E-state index is -4.56. The highest BCUT2D eigenvalue weighted by Crippen LogP contribution is 2.41. The number of phenolic OH excluding ortho intramolecular Hbond substituents is 3. The lowest BCUT2D eigenvalue weighted by molar-refractivity contribution is 0.380. The number of nitrogens with one attached hydrogen (secondary N) is 1. The molecule has 2 aromatic rings. The third kappa shape index (κ3) is 5.17. The number of phenols is 3. The Hall–Kier alpha value is -2.21. The van der Waals surface area contributed by atoms with Crippen molar-refractivity contribution in [2.75, 3.05) is 5.09 Å². The first-order valence-corrected chi connectivity index (χ1v) is 8.52. The molecule has 0 aliphatic heterocycles. The van der Waals surface area contributed by atoms with E-state index in [4.69, 9.17) is 9.79 Å². The van der Waals surface area contributed by atoms with Crippen molar-refractivity contribution in [3.63, 3.8) is 0 Å². The second-order valence-corrected chi connectivity index (χ2v) is 6.48. The molecule has 0 bridgehead atoms. The van der Waals surface area contributed by atoms with Crippen molar-refractivity contribution in [3.8, 4) is 17.2 Å². The number of benzene rings is 2. The van der Waals surface area contributed by atoms with Crippen LogP contribution in [-0.4, -0.2) is 25.1 Å². The summed E-state index contributed by atoms with van der Waals surface area (Å²) in [5, 5.41) is 30.8. The van der Waals surface area contributed by atoms with Gasteiger partial charge in [0.15, 0.2) is 0 Å². The summed E-state index contributed by atoms with van der Waals surface area (Å²) >= 11 is 0. The Bertz CT molecular complexity index is 743. The summed E-state index contributed by atoms with van der Waals surface area (Å²) in [7, 11) is -4.56. The molecule has 0 heterocycles. The largest absolute Gasteiger partial charge is 0.508 e. The Morgan fingerprint density at radius 2 is 1.70 bits per heavy atom. The lowest BCUT2D eigenvalue weighted by Crippen LogP contribution is -2.00. The minimum absolute atomic E-state index is 0.00765. The molecule has 124 valence electrons. The number of hydrogen-bond donors (Lipinski definition) is 6. The molecule has 23 heavy (non-hydrogen) atoms. The van der Waals surface area contributed by atoms with Gasteiger partial charge in [0.1, 0.15) is 17.2 Å². The smallest absolute Gasteiger partial charge is 0.427 e. The van der Waals surface area contributed by atoms with Crippen molar-refractivity contribution in [2.24, 2.45) is 0 Å². The van der Waals surface area contributed by atoms with Crippen molar-refractivity contribution in [3.05, 3.63) is 47.5 Å². The lowest BCUT2D eigenvalue weighted by Gasteiger charge is -2.15. The Morgan fingerprint density at radius 3 is 2.35 bits per heavy atom. The fourth-order valence-corrected chi connectivity index (χ4v) is 2.86. The Morgan fingerprint density at radius 1 is 0.957 bits per heavy atom. The molecule has 0 spiro atoms. The molecule has 2 rings (SSSR count). The summed E-state index contributed by atoms with van der Waals surface area (Å²) in [5.74, 6) is -0.370. The van der Waals surface area contributed by atoms with Gasteiger partial charge in [-0.05, 0) is 37.0 Å². The molecular formula is C15H18NO6P. The minimum Gasteiger partial charge on any atom is -0.508 e. The maximum atomic E-state index is 11.1. The zero-order valence-electron chi connectivity index (χ0n) is 12.2. The number of aromatic hydroxyl groups is 3. The average Bonchev–Trinajstić information content (AvgIpc) is 2.40. The highest BCUT2D eigenvalue weighted by molar-refractivity contribution is 7.53. The first kappa shape index (κ1) is 17.1. The first-order valence-electron chi connectivity index (χ1n) is 6.91. The number of aryl methyl sites for hydroxylation is 1. The maximum Gasteiger partial charge on any atom is 0.427 e. The molecule has 8 heteroatoms. The van der Waals surface area contributed by atoms with Crippen molar-refractivity contribution in [2.45, 2.75) is 19.3 Å². The van der Waals surface area contributed by atoms with Crippen molar-refractivity contribution < 1.29 is 29.7 Å². The van der Waals surface area contributed by atoms with Gasteiger partial charge in [-0.1, -0.05) is 12.1 Å². The van der Waals surface area contributed by atoms with E-state index in [1.807, 2.05) is 11.2 Å². The molecule has 0 aliphatic carbocycles. The van der Waals surface area contributed by atoms with Gasteiger partial charge in [-0.25, -0.2) is 4.57 Å². The monoisotopic (exact) mass is 339 g/mol. The van der Waals surface area contributed by atoms with E-state index in [0.29, 0.717) is 24.8 Å². The molecule has 0 aliphatic rings. The highest BCUT2D eigenvalue weighted by atomic mass is 31.2. The zero-order valence-corrected chi connectivity index (χ0v) is 13.1. The van der Waals surface area contributed by atoms with E-state index in [1.165, 1.54) is 0 Å². The van der Waals surface area contributed by atoms with Gasteiger partial charge < -0.3 is 25.1 Å². The summed E-state index contributed by atoms with van der Waals surface area (Å²) in [6.45, 7) is 0. The van der Waals surface area contributed by atoms with Crippen LogP contribution in [0.1, 0.15) is 17.5 Å². The summed E-state index contributed by atoms with van der Waals surface area (Å²) in [5.41, 5.74) is 1.21. The molecule has 0 radical (unpaired) electrons. The molecule has 0 saturated heterocycles. The fourth-order valence-electron chi connectivity index (χ4n) is 2.34. The van der Waals surface area contributed by atoms with Gasteiger partial charge in [-0.2, -0.15) is 0 Å². The summed E-state index contributed by atoms with van der Waals surface area (Å²) in [6.07, 6.45) is 1.53. The molecule has 0 atom stereocenters. The van der Waals surface area contributed by atoms with E-state index in [1.54, 1.807) is 18.2 Å². The predicted octanol–water partition coefficient (Wildman–Crippen LogP) is 2.48. The Balaban J connectivity index is 2.13. The summed E-state index contributed by atoms with van der Waals surface area (Å²) in [4.78, 5) is 18.0. The van der Waals surface area contributed by atoms with Crippen LogP contribution in [0.4, 0.5) is 5.69 Å². The van der Waals surface area contributed by atoms with Crippen LogP contribution in [0.5, 0.6) is 17.2 Å². The molecule has 2 aromatic carbocycles. The van der Waals surface area contributed by atoms with Crippen LogP contribution < -0.4 is 5.09 Å². The fraction of sp³-hybridized carbons (Fsp3) is 0.200. The Kier molecular flexibility index (Phi) is 5.15. The molecule has 7 nitrogen and oxygen atoms in total. The second kappa shape index (κ2) is 6.91. The summed E-state index contributed by atoms with van der Waals surface area (Å²) in [6, 6.07) is 9.05.